The van der Waals surface area contributed by atoms with Crippen LogP contribution in [-0.2, 0) is 6.42 Å². The molecule has 0 aromatic heterocycles. The lowest BCUT2D eigenvalue weighted by atomic mass is 9.97. The Labute approximate surface area is 159 Å². The number of likely N-dealkylation sites (tertiary alicyclic amines) is 1. The van der Waals surface area contributed by atoms with Gasteiger partial charge in [0.2, 0.25) is 0 Å². The van der Waals surface area contributed by atoms with Crippen LogP contribution in [0.1, 0.15) is 28.8 Å². The lowest BCUT2D eigenvalue weighted by molar-refractivity contribution is 0.0692. The highest BCUT2D eigenvalue weighted by atomic mass is 19.2. The van der Waals surface area contributed by atoms with Crippen LogP contribution in [0.15, 0.2) is 48.5 Å². The van der Waals surface area contributed by atoms with Crippen molar-refractivity contribution in [2.45, 2.75) is 19.3 Å². The number of nitrogens with zero attached hydrogens (tertiary/aromatic N) is 2. The minimum atomic E-state index is -0.985. The van der Waals surface area contributed by atoms with Gasteiger partial charge in [0.05, 0.1) is 0 Å². The third-order valence-corrected chi connectivity index (χ3v) is 5.17. The zero-order valence-electron chi connectivity index (χ0n) is 15.7. The van der Waals surface area contributed by atoms with Crippen LogP contribution in [-0.4, -0.2) is 48.9 Å². The molecule has 0 spiro atoms. The SMILES string of the molecule is CN1CCCC(CN(CCc2ccccc2)C(=O)c2ccc(F)c(F)c2)C1. The first-order valence-corrected chi connectivity index (χ1v) is 9.49. The van der Waals surface area contributed by atoms with Gasteiger partial charge in [-0.2, -0.15) is 0 Å². The monoisotopic (exact) mass is 372 g/mol. The van der Waals surface area contributed by atoms with Crippen LogP contribution < -0.4 is 0 Å². The average molecular weight is 372 g/mol. The molecule has 1 saturated heterocycles. The molecule has 144 valence electrons. The van der Waals surface area contributed by atoms with Crippen molar-refractivity contribution in [2.75, 3.05) is 33.2 Å². The molecule has 1 atom stereocenters. The van der Waals surface area contributed by atoms with E-state index < -0.39 is 11.6 Å². The highest BCUT2D eigenvalue weighted by molar-refractivity contribution is 5.94. The number of benzene rings is 2. The summed E-state index contributed by atoms with van der Waals surface area (Å²) in [6.45, 7) is 3.22. The molecule has 0 radical (unpaired) electrons. The molecule has 0 N–H and O–H groups in total. The van der Waals surface area contributed by atoms with Gasteiger partial charge in [0, 0.05) is 25.2 Å². The summed E-state index contributed by atoms with van der Waals surface area (Å²) in [4.78, 5) is 17.1. The van der Waals surface area contributed by atoms with E-state index in [0.29, 0.717) is 19.0 Å². The molecule has 0 saturated carbocycles. The Balaban J connectivity index is 1.74. The molecule has 1 fully saturated rings. The number of amides is 1. The first-order chi connectivity index (χ1) is 13.0. The molecule has 5 heteroatoms. The third-order valence-electron chi connectivity index (χ3n) is 5.17. The second kappa shape index (κ2) is 9.09. The Kier molecular flexibility index (Phi) is 6.56. The van der Waals surface area contributed by atoms with Gasteiger partial charge in [0.15, 0.2) is 11.6 Å². The lowest BCUT2D eigenvalue weighted by Crippen LogP contribution is -2.42. The second-order valence-electron chi connectivity index (χ2n) is 7.39. The summed E-state index contributed by atoms with van der Waals surface area (Å²) in [5, 5.41) is 0. The fraction of sp³-hybridized carbons (Fsp3) is 0.409. The fourth-order valence-corrected chi connectivity index (χ4v) is 3.73. The van der Waals surface area contributed by atoms with Gasteiger partial charge in [0.1, 0.15) is 0 Å². The summed E-state index contributed by atoms with van der Waals surface area (Å²) in [6, 6.07) is 13.4. The summed E-state index contributed by atoms with van der Waals surface area (Å²) in [7, 11) is 2.09. The number of hydrogen-bond acceptors (Lipinski definition) is 2. The predicted molar refractivity (Wildman–Crippen MR) is 103 cm³/mol. The highest BCUT2D eigenvalue weighted by Crippen LogP contribution is 2.19. The van der Waals surface area contributed by atoms with Crippen molar-refractivity contribution in [1.82, 2.24) is 9.80 Å². The normalized spacial score (nSPS) is 17.7. The van der Waals surface area contributed by atoms with E-state index in [1.807, 2.05) is 30.3 Å². The fourth-order valence-electron chi connectivity index (χ4n) is 3.73. The molecular formula is C22H26F2N2O. The van der Waals surface area contributed by atoms with Crippen molar-refractivity contribution >= 4 is 5.91 Å². The maximum absolute atomic E-state index is 13.6. The lowest BCUT2D eigenvalue weighted by Gasteiger charge is -2.34. The summed E-state index contributed by atoms with van der Waals surface area (Å²) >= 11 is 0. The molecule has 1 amide bonds. The molecule has 1 aliphatic heterocycles. The standard InChI is InChI=1S/C22H26F2N2O/c1-25-12-5-8-18(15-25)16-26(13-11-17-6-3-2-4-7-17)22(27)19-9-10-20(23)21(24)14-19/h2-4,6-7,9-10,14,18H,5,8,11-13,15-16H2,1H3. The smallest absolute Gasteiger partial charge is 0.253 e. The molecular weight excluding hydrogens is 346 g/mol. The number of piperidine rings is 1. The Hall–Kier alpha value is -2.27. The zero-order chi connectivity index (χ0) is 19.2. The largest absolute Gasteiger partial charge is 0.338 e. The summed E-state index contributed by atoms with van der Waals surface area (Å²) < 4.78 is 26.9. The zero-order valence-corrected chi connectivity index (χ0v) is 15.7. The van der Waals surface area contributed by atoms with Crippen LogP contribution in [0.3, 0.4) is 0 Å². The van der Waals surface area contributed by atoms with Crippen molar-refractivity contribution in [3.8, 4) is 0 Å². The van der Waals surface area contributed by atoms with Crippen molar-refractivity contribution in [1.29, 1.82) is 0 Å². The van der Waals surface area contributed by atoms with Crippen LogP contribution >= 0.6 is 0 Å². The van der Waals surface area contributed by atoms with Gasteiger partial charge in [-0.15, -0.1) is 0 Å². The quantitative estimate of drug-likeness (QED) is 0.765. The van der Waals surface area contributed by atoms with E-state index in [4.69, 9.17) is 0 Å². The summed E-state index contributed by atoms with van der Waals surface area (Å²) in [5.41, 5.74) is 1.35. The van der Waals surface area contributed by atoms with E-state index in [2.05, 4.69) is 11.9 Å². The van der Waals surface area contributed by atoms with E-state index >= 15 is 0 Å². The summed E-state index contributed by atoms with van der Waals surface area (Å²) in [6.07, 6.45) is 2.93. The molecule has 3 rings (SSSR count). The Morgan fingerprint density at radius 1 is 1.15 bits per heavy atom. The van der Waals surface area contributed by atoms with Crippen LogP contribution in [0.4, 0.5) is 8.78 Å². The third kappa shape index (κ3) is 5.36. The van der Waals surface area contributed by atoms with Gasteiger partial charge in [-0.05, 0) is 62.5 Å². The van der Waals surface area contributed by atoms with Crippen molar-refractivity contribution in [2.24, 2.45) is 5.92 Å². The highest BCUT2D eigenvalue weighted by Gasteiger charge is 2.24. The Morgan fingerprint density at radius 3 is 2.63 bits per heavy atom. The minimum Gasteiger partial charge on any atom is -0.338 e. The van der Waals surface area contributed by atoms with Gasteiger partial charge in [0.25, 0.3) is 5.91 Å². The summed E-state index contributed by atoms with van der Waals surface area (Å²) in [5.74, 6) is -1.76. The molecule has 0 aliphatic carbocycles. The number of carbonyl (C=O) groups is 1. The van der Waals surface area contributed by atoms with Crippen molar-refractivity contribution in [3.63, 3.8) is 0 Å². The molecule has 1 heterocycles. The maximum atomic E-state index is 13.6. The average Bonchev–Trinajstić information content (AvgIpc) is 2.67. The number of carbonyl (C=O) groups excluding carboxylic acids is 1. The van der Waals surface area contributed by atoms with Crippen LogP contribution in [0, 0.1) is 17.6 Å². The van der Waals surface area contributed by atoms with Gasteiger partial charge in [-0.25, -0.2) is 8.78 Å². The van der Waals surface area contributed by atoms with Crippen molar-refractivity contribution in [3.05, 3.63) is 71.3 Å². The molecule has 2 aromatic carbocycles. The first-order valence-electron chi connectivity index (χ1n) is 9.49. The van der Waals surface area contributed by atoms with Gasteiger partial charge >= 0.3 is 0 Å². The van der Waals surface area contributed by atoms with E-state index in [0.717, 1.165) is 50.0 Å². The molecule has 1 unspecified atom stereocenters. The molecule has 0 bridgehead atoms. The van der Waals surface area contributed by atoms with Crippen LogP contribution in [0.2, 0.25) is 0 Å². The van der Waals surface area contributed by atoms with E-state index in [1.54, 1.807) is 4.90 Å². The Bertz CT molecular complexity index is 766. The number of hydrogen-bond donors (Lipinski definition) is 0. The van der Waals surface area contributed by atoms with E-state index in [9.17, 15) is 13.6 Å². The van der Waals surface area contributed by atoms with Crippen molar-refractivity contribution < 1.29 is 13.6 Å². The van der Waals surface area contributed by atoms with Crippen LogP contribution in [0.5, 0.6) is 0 Å². The number of rotatable bonds is 6. The van der Waals surface area contributed by atoms with Gasteiger partial charge in [-0.3, -0.25) is 4.79 Å². The predicted octanol–water partition coefficient (Wildman–Crippen LogP) is 3.99. The van der Waals surface area contributed by atoms with E-state index in [1.165, 1.54) is 6.07 Å². The topological polar surface area (TPSA) is 23.6 Å². The van der Waals surface area contributed by atoms with Gasteiger partial charge in [-0.1, -0.05) is 30.3 Å². The second-order valence-corrected chi connectivity index (χ2v) is 7.39. The van der Waals surface area contributed by atoms with E-state index in [-0.39, 0.29) is 11.5 Å². The first kappa shape index (κ1) is 19.5. The molecule has 3 nitrogen and oxygen atoms in total. The number of halogens is 2. The Morgan fingerprint density at radius 2 is 1.93 bits per heavy atom. The van der Waals surface area contributed by atoms with Crippen LogP contribution in [0.25, 0.3) is 0 Å². The molecule has 2 aromatic rings. The molecule has 1 aliphatic rings. The minimum absolute atomic E-state index is 0.200. The van der Waals surface area contributed by atoms with Gasteiger partial charge < -0.3 is 9.80 Å². The maximum Gasteiger partial charge on any atom is 0.253 e. The molecule has 27 heavy (non-hydrogen) atoms.